The first-order chi connectivity index (χ1) is 16.2. The molecule has 1 amide bonds. The molecule has 9 nitrogen and oxygen atoms in total. The standard InChI is InChI=1S/C23H20ClN5O4S/c1-15-22(23(30)29(28-15)21-13-19(34(31,32)33)10-11-20(21)24)27-26-18-9-5-6-16(12-18)14-25-17-7-3-2-4-8-17/h2-13,25-26H,14H2,1H3,(H,31,32,33)/b27-22-. The van der Waals surface area contributed by atoms with Crippen LogP contribution in [-0.2, 0) is 21.5 Å². The lowest BCUT2D eigenvalue weighted by atomic mass is 10.2. The topological polar surface area (TPSA) is 123 Å². The van der Waals surface area contributed by atoms with Gasteiger partial charge in [0.05, 0.1) is 27.0 Å². The van der Waals surface area contributed by atoms with Gasteiger partial charge < -0.3 is 5.32 Å². The lowest BCUT2D eigenvalue weighted by Crippen LogP contribution is -2.28. The minimum absolute atomic E-state index is 0.0142. The van der Waals surface area contributed by atoms with Gasteiger partial charge in [0.1, 0.15) is 0 Å². The Bertz CT molecular complexity index is 1410. The van der Waals surface area contributed by atoms with Gasteiger partial charge in [-0.1, -0.05) is 41.9 Å². The van der Waals surface area contributed by atoms with Gasteiger partial charge in [-0.05, 0) is 55.0 Å². The van der Waals surface area contributed by atoms with Crippen LogP contribution >= 0.6 is 11.6 Å². The van der Waals surface area contributed by atoms with E-state index in [2.05, 4.69) is 20.9 Å². The summed E-state index contributed by atoms with van der Waals surface area (Å²) in [4.78, 5) is 12.5. The van der Waals surface area contributed by atoms with Crippen molar-refractivity contribution < 1.29 is 17.8 Å². The maximum atomic E-state index is 12.9. The normalized spacial score (nSPS) is 14.9. The quantitative estimate of drug-likeness (QED) is 0.328. The first kappa shape index (κ1) is 23.4. The number of amides is 1. The lowest BCUT2D eigenvalue weighted by molar-refractivity contribution is -0.112. The predicted molar refractivity (Wildman–Crippen MR) is 133 cm³/mol. The van der Waals surface area contributed by atoms with Crippen LogP contribution in [0.3, 0.4) is 0 Å². The summed E-state index contributed by atoms with van der Waals surface area (Å²) in [6.45, 7) is 2.20. The highest BCUT2D eigenvalue weighted by Crippen LogP contribution is 2.31. The summed E-state index contributed by atoms with van der Waals surface area (Å²) in [6.07, 6.45) is 0. The molecule has 0 unspecified atom stereocenters. The van der Waals surface area contributed by atoms with Crippen molar-refractivity contribution in [2.75, 3.05) is 15.8 Å². The number of hydrazone groups is 2. The maximum absolute atomic E-state index is 12.9. The fraction of sp³-hybridized carbons (Fsp3) is 0.0870. The number of carbonyl (C=O) groups is 1. The van der Waals surface area contributed by atoms with E-state index in [4.69, 9.17) is 11.6 Å². The molecule has 0 saturated heterocycles. The van der Waals surface area contributed by atoms with E-state index in [0.717, 1.165) is 28.4 Å². The number of halogens is 1. The Morgan fingerprint density at radius 3 is 2.50 bits per heavy atom. The average molecular weight is 498 g/mol. The van der Waals surface area contributed by atoms with Crippen LogP contribution in [0.5, 0.6) is 0 Å². The Kier molecular flexibility index (Phi) is 6.64. The zero-order valence-corrected chi connectivity index (χ0v) is 19.5. The second-order valence-corrected chi connectivity index (χ2v) is 9.21. The molecule has 0 radical (unpaired) electrons. The fourth-order valence-corrected chi connectivity index (χ4v) is 3.93. The maximum Gasteiger partial charge on any atom is 0.301 e. The third-order valence-electron chi connectivity index (χ3n) is 4.93. The fourth-order valence-electron chi connectivity index (χ4n) is 3.24. The minimum Gasteiger partial charge on any atom is -0.381 e. The molecule has 34 heavy (non-hydrogen) atoms. The highest BCUT2D eigenvalue weighted by Gasteiger charge is 2.32. The summed E-state index contributed by atoms with van der Waals surface area (Å²) >= 11 is 6.15. The second-order valence-electron chi connectivity index (χ2n) is 7.38. The van der Waals surface area contributed by atoms with Crippen LogP contribution in [0.4, 0.5) is 17.1 Å². The van der Waals surface area contributed by atoms with Gasteiger partial charge in [0.25, 0.3) is 10.1 Å². The van der Waals surface area contributed by atoms with Crippen molar-refractivity contribution in [1.29, 1.82) is 0 Å². The van der Waals surface area contributed by atoms with Crippen LogP contribution in [0.15, 0.2) is 87.9 Å². The summed E-state index contributed by atoms with van der Waals surface area (Å²) in [5.41, 5.74) is 5.92. The van der Waals surface area contributed by atoms with Gasteiger partial charge in [0, 0.05) is 12.2 Å². The number of anilines is 3. The minimum atomic E-state index is -4.48. The van der Waals surface area contributed by atoms with Crippen LogP contribution in [0.2, 0.25) is 5.02 Å². The molecule has 0 aromatic heterocycles. The number of para-hydroxylation sites is 1. The van der Waals surface area contributed by atoms with E-state index >= 15 is 0 Å². The molecular weight excluding hydrogens is 478 g/mol. The number of hydrogen-bond donors (Lipinski definition) is 3. The van der Waals surface area contributed by atoms with Crippen LogP contribution in [0.25, 0.3) is 0 Å². The summed E-state index contributed by atoms with van der Waals surface area (Å²) in [6, 6.07) is 20.8. The smallest absolute Gasteiger partial charge is 0.301 e. The third-order valence-corrected chi connectivity index (χ3v) is 6.09. The van der Waals surface area contributed by atoms with Crippen molar-refractivity contribution in [1.82, 2.24) is 0 Å². The molecule has 1 aliphatic heterocycles. The van der Waals surface area contributed by atoms with E-state index in [9.17, 15) is 17.8 Å². The number of carbonyl (C=O) groups excluding carboxylic acids is 1. The molecule has 3 aromatic carbocycles. The van der Waals surface area contributed by atoms with Crippen LogP contribution in [-0.4, -0.2) is 30.3 Å². The van der Waals surface area contributed by atoms with E-state index < -0.39 is 20.9 Å². The van der Waals surface area contributed by atoms with E-state index in [1.165, 1.54) is 6.07 Å². The van der Waals surface area contributed by atoms with Crippen molar-refractivity contribution in [3.05, 3.63) is 83.4 Å². The van der Waals surface area contributed by atoms with Crippen molar-refractivity contribution in [2.45, 2.75) is 18.4 Å². The molecule has 11 heteroatoms. The number of hydrogen-bond acceptors (Lipinski definition) is 7. The zero-order valence-electron chi connectivity index (χ0n) is 17.9. The van der Waals surface area contributed by atoms with Crippen LogP contribution in [0, 0.1) is 0 Å². The molecule has 0 spiro atoms. The Hall–Kier alpha value is -3.73. The van der Waals surface area contributed by atoms with Crippen LogP contribution in [0.1, 0.15) is 12.5 Å². The molecule has 174 valence electrons. The summed E-state index contributed by atoms with van der Waals surface area (Å²) in [5.74, 6) is -0.596. The van der Waals surface area contributed by atoms with Gasteiger partial charge in [-0.2, -0.15) is 23.6 Å². The highest BCUT2D eigenvalue weighted by atomic mass is 35.5. The molecule has 4 rings (SSSR count). The van der Waals surface area contributed by atoms with Gasteiger partial charge in [-0.3, -0.25) is 14.8 Å². The predicted octanol–water partition coefficient (Wildman–Crippen LogP) is 4.39. The van der Waals surface area contributed by atoms with Gasteiger partial charge in [-0.15, -0.1) is 0 Å². The molecule has 1 heterocycles. The van der Waals surface area contributed by atoms with Crippen molar-refractivity contribution >= 4 is 56.1 Å². The molecule has 1 aliphatic rings. The molecule has 0 fully saturated rings. The summed E-state index contributed by atoms with van der Waals surface area (Å²) < 4.78 is 32.2. The van der Waals surface area contributed by atoms with Crippen molar-refractivity contribution in [2.24, 2.45) is 10.2 Å². The van der Waals surface area contributed by atoms with E-state index in [-0.39, 0.29) is 16.4 Å². The second kappa shape index (κ2) is 9.64. The van der Waals surface area contributed by atoms with Gasteiger partial charge in [0.2, 0.25) is 0 Å². The number of benzene rings is 3. The summed E-state index contributed by atoms with van der Waals surface area (Å²) in [5, 5.41) is 12.7. The average Bonchev–Trinajstić information content (AvgIpc) is 3.10. The molecule has 3 aromatic rings. The van der Waals surface area contributed by atoms with E-state index in [1.54, 1.807) is 6.92 Å². The lowest BCUT2D eigenvalue weighted by Gasteiger charge is -2.14. The van der Waals surface area contributed by atoms with Crippen molar-refractivity contribution in [3.63, 3.8) is 0 Å². The first-order valence-electron chi connectivity index (χ1n) is 10.1. The van der Waals surface area contributed by atoms with Gasteiger partial charge >= 0.3 is 5.91 Å². The molecule has 3 N–H and O–H groups in total. The number of rotatable bonds is 7. The molecule has 0 aliphatic carbocycles. The third kappa shape index (κ3) is 5.25. The number of nitrogens with zero attached hydrogens (tertiary/aromatic N) is 3. The van der Waals surface area contributed by atoms with Crippen LogP contribution < -0.4 is 15.8 Å². The number of nitrogens with one attached hydrogen (secondary N) is 2. The Morgan fingerprint density at radius 1 is 1.03 bits per heavy atom. The Balaban J connectivity index is 1.50. The zero-order chi connectivity index (χ0) is 24.3. The van der Waals surface area contributed by atoms with Crippen molar-refractivity contribution in [3.8, 4) is 0 Å². The largest absolute Gasteiger partial charge is 0.381 e. The Morgan fingerprint density at radius 2 is 1.76 bits per heavy atom. The monoisotopic (exact) mass is 497 g/mol. The summed E-state index contributed by atoms with van der Waals surface area (Å²) in [7, 11) is -4.48. The Labute approximate surface area is 201 Å². The SMILES string of the molecule is CC1=NN(c2cc(S(=O)(=O)O)ccc2Cl)C(=O)/C1=N\Nc1cccc(CNc2ccccc2)c1. The molecule has 0 bridgehead atoms. The van der Waals surface area contributed by atoms with Gasteiger partial charge in [0.15, 0.2) is 5.71 Å². The molecular formula is C23H20ClN5O4S. The van der Waals surface area contributed by atoms with E-state index in [1.807, 2.05) is 54.6 Å². The van der Waals surface area contributed by atoms with Gasteiger partial charge in [-0.25, -0.2) is 0 Å². The van der Waals surface area contributed by atoms with E-state index in [0.29, 0.717) is 17.9 Å². The first-order valence-corrected chi connectivity index (χ1v) is 11.9. The highest BCUT2D eigenvalue weighted by molar-refractivity contribution is 7.85. The molecule has 0 saturated carbocycles. The molecule has 0 atom stereocenters.